The number of carbonyl (C=O) groups excluding carboxylic acids is 10. The summed E-state index contributed by atoms with van der Waals surface area (Å²) in [5.74, 6) is -19.2. The molecule has 30 nitrogen and oxygen atoms in total. The zero-order valence-electron chi connectivity index (χ0n) is 45.5. The Bertz CT molecular complexity index is 2480. The molecule has 448 valence electrons. The van der Waals surface area contributed by atoms with E-state index in [1.165, 1.54) is 31.2 Å². The summed E-state index contributed by atoms with van der Waals surface area (Å²) >= 11 is 0. The number of carbonyl (C=O) groups is 14. The van der Waals surface area contributed by atoms with Crippen molar-refractivity contribution < 1.29 is 92.7 Å². The number of nitrogens with one attached hydrogen (secondary N) is 9. The van der Waals surface area contributed by atoms with Gasteiger partial charge in [-0.2, -0.15) is 0 Å². The van der Waals surface area contributed by atoms with Crippen LogP contribution in [0.3, 0.4) is 0 Å². The molecular weight excluding hydrogens is 1070 g/mol. The number of phenolic OH excluding ortho intramolecular Hbond substituents is 1. The Morgan fingerprint density at radius 3 is 1.53 bits per heavy atom. The van der Waals surface area contributed by atoms with E-state index in [-0.39, 0.29) is 63.8 Å². The van der Waals surface area contributed by atoms with E-state index in [2.05, 4.69) is 47.9 Å². The molecule has 11 unspecified atom stereocenters. The summed E-state index contributed by atoms with van der Waals surface area (Å²) in [5, 5.41) is 70.3. The molecule has 2 fully saturated rings. The number of rotatable bonds is 19. The smallest absolute Gasteiger partial charge is 0.305 e. The molecule has 2 saturated heterocycles. The van der Waals surface area contributed by atoms with Gasteiger partial charge in [0.2, 0.25) is 59.1 Å². The van der Waals surface area contributed by atoms with E-state index in [1.54, 1.807) is 20.8 Å². The van der Waals surface area contributed by atoms with Crippen molar-refractivity contribution in [2.75, 3.05) is 19.6 Å². The van der Waals surface area contributed by atoms with Crippen LogP contribution in [0.5, 0.6) is 5.75 Å². The summed E-state index contributed by atoms with van der Waals surface area (Å²) < 4.78 is 0. The fourth-order valence-corrected chi connectivity index (χ4v) is 8.80. The lowest BCUT2D eigenvalue weighted by Crippen LogP contribution is -2.62. The Labute approximate surface area is 465 Å². The van der Waals surface area contributed by atoms with Crippen LogP contribution >= 0.6 is 0 Å². The highest BCUT2D eigenvalue weighted by Crippen LogP contribution is 2.21. The van der Waals surface area contributed by atoms with Gasteiger partial charge in [0, 0.05) is 19.4 Å². The van der Waals surface area contributed by atoms with Crippen molar-refractivity contribution in [1.82, 2.24) is 52.8 Å². The van der Waals surface area contributed by atoms with Gasteiger partial charge in [-0.15, -0.1) is 0 Å². The number of fused-ring (bicyclic) bond motifs is 1. The highest BCUT2D eigenvalue weighted by molar-refractivity contribution is 6.01. The third kappa shape index (κ3) is 21.6. The second-order valence-electron chi connectivity index (χ2n) is 20.0. The SMILES string of the molecule is CCC(C)C1NC(=O)C(CC(=O)O)NC(=O)C(CC(=O)O)NC(=O)CNC(=O)C2CCCN2C(=O)C(CC(=O)O)NC(=O)C(Cc2ccc(O)cc2)NC(=O)C(C(C)CC)NC(=O)C(CCC(=O)O)NC(=O)C(CCCCN)NC1=O. The first kappa shape index (κ1) is 66.8. The van der Waals surface area contributed by atoms with Gasteiger partial charge in [-0.25, -0.2) is 0 Å². The number of aromatic hydroxyl groups is 1. The molecule has 2 heterocycles. The number of aliphatic carboxylic acids is 4. The zero-order chi connectivity index (χ0) is 60.7. The molecular formula is C51H75N11O19. The molecule has 0 saturated carbocycles. The topological polar surface area (TPSA) is 478 Å². The number of nitrogens with zero attached hydrogens (tertiary/aromatic N) is 1. The van der Waals surface area contributed by atoms with Crippen molar-refractivity contribution >= 4 is 82.9 Å². The number of amides is 10. The summed E-state index contributed by atoms with van der Waals surface area (Å²) in [6.45, 7) is 5.37. The Morgan fingerprint density at radius 2 is 1.00 bits per heavy atom. The molecule has 16 N–H and O–H groups in total. The molecule has 81 heavy (non-hydrogen) atoms. The molecule has 1 aromatic carbocycles. The molecule has 2 aliphatic rings. The number of phenols is 1. The van der Waals surface area contributed by atoms with Crippen LogP contribution in [0, 0.1) is 11.8 Å². The minimum Gasteiger partial charge on any atom is -0.508 e. The van der Waals surface area contributed by atoms with E-state index < -0.39 is 188 Å². The van der Waals surface area contributed by atoms with E-state index in [4.69, 9.17) is 5.73 Å². The number of carboxylic acid groups (broad SMARTS) is 4. The van der Waals surface area contributed by atoms with Gasteiger partial charge in [-0.05, 0) is 74.6 Å². The third-order valence-electron chi connectivity index (χ3n) is 13.8. The predicted octanol–water partition coefficient (Wildman–Crippen LogP) is -3.56. The predicted molar refractivity (Wildman–Crippen MR) is 280 cm³/mol. The molecule has 10 amide bonds. The van der Waals surface area contributed by atoms with Gasteiger partial charge < -0.3 is 84.0 Å². The zero-order valence-corrected chi connectivity index (χ0v) is 45.5. The van der Waals surface area contributed by atoms with Crippen LogP contribution in [0.4, 0.5) is 0 Å². The first-order valence-corrected chi connectivity index (χ1v) is 26.5. The first-order chi connectivity index (χ1) is 38.2. The van der Waals surface area contributed by atoms with Gasteiger partial charge in [0.05, 0.1) is 25.8 Å². The molecule has 0 aliphatic carbocycles. The molecule has 1 aromatic rings. The van der Waals surface area contributed by atoms with Crippen molar-refractivity contribution in [2.45, 2.75) is 166 Å². The number of hydrogen-bond donors (Lipinski definition) is 15. The van der Waals surface area contributed by atoms with Crippen LogP contribution in [0.25, 0.3) is 0 Å². The van der Waals surface area contributed by atoms with Crippen molar-refractivity contribution in [3.63, 3.8) is 0 Å². The standard InChI is InChI=1S/C51H75N11O19/c1-5-25(3)41-49(79)56-29(10-7-8-18-52)43(73)55-30(16-17-37(65)66)44(74)60-42(26(4)6-2)50(80)58-31(20-27-12-14-28(63)15-13-27)45(75)59-34(23-40(71)72)51(81)62-19-9-11-35(62)48(78)53-24-36(64)54-32(21-38(67)68)46(76)57-33(22-39(69)70)47(77)61-41/h12-15,25-26,29-35,41-42,63H,5-11,16-24,52H2,1-4H3,(H,53,78)(H,54,64)(H,55,73)(H,56,79)(H,57,76)(H,58,80)(H,59,75)(H,60,74)(H,61,77)(H,65,66)(H,67,68)(H,69,70)(H,71,72). The molecule has 0 aromatic heterocycles. The highest BCUT2D eigenvalue weighted by atomic mass is 16.4. The van der Waals surface area contributed by atoms with E-state index in [9.17, 15) is 92.7 Å². The van der Waals surface area contributed by atoms with Crippen molar-refractivity contribution in [3.8, 4) is 5.75 Å². The van der Waals surface area contributed by atoms with Crippen molar-refractivity contribution in [2.24, 2.45) is 17.6 Å². The van der Waals surface area contributed by atoms with Gasteiger partial charge in [0.1, 0.15) is 60.1 Å². The number of carboxylic acids is 4. The molecule has 3 rings (SSSR count). The number of benzene rings is 1. The first-order valence-electron chi connectivity index (χ1n) is 26.5. The highest BCUT2D eigenvalue weighted by Gasteiger charge is 2.41. The van der Waals surface area contributed by atoms with Gasteiger partial charge >= 0.3 is 23.9 Å². The Morgan fingerprint density at radius 1 is 0.556 bits per heavy atom. The van der Waals surface area contributed by atoms with E-state index >= 15 is 0 Å². The molecule has 0 bridgehead atoms. The maximum atomic E-state index is 14.5. The fraction of sp³-hybridized carbons (Fsp3) is 0.608. The number of hydrogen-bond acceptors (Lipinski definition) is 16. The van der Waals surface area contributed by atoms with Crippen molar-refractivity contribution in [3.05, 3.63) is 29.8 Å². The Hall–Kier alpha value is -8.44. The van der Waals surface area contributed by atoms with Crippen LogP contribution in [-0.2, 0) is 73.5 Å². The summed E-state index contributed by atoms with van der Waals surface area (Å²) in [4.78, 5) is 189. The summed E-state index contributed by atoms with van der Waals surface area (Å²) in [5.41, 5.74) is 6.04. The second kappa shape index (κ2) is 32.6. The normalized spacial score (nSPS) is 25.3. The van der Waals surface area contributed by atoms with Crippen LogP contribution < -0.4 is 53.6 Å². The van der Waals surface area contributed by atoms with Gasteiger partial charge in [-0.3, -0.25) is 67.1 Å². The van der Waals surface area contributed by atoms with Gasteiger partial charge in [-0.1, -0.05) is 52.7 Å². The van der Waals surface area contributed by atoms with Crippen molar-refractivity contribution in [1.29, 1.82) is 0 Å². The Balaban J connectivity index is 2.24. The third-order valence-corrected chi connectivity index (χ3v) is 13.8. The molecule has 11 atom stereocenters. The van der Waals surface area contributed by atoms with E-state index in [0.29, 0.717) is 12.0 Å². The monoisotopic (exact) mass is 1150 g/mol. The van der Waals surface area contributed by atoms with E-state index in [1.807, 2.05) is 0 Å². The second-order valence-corrected chi connectivity index (χ2v) is 20.0. The summed E-state index contributed by atoms with van der Waals surface area (Å²) in [7, 11) is 0. The molecule has 2 aliphatic heterocycles. The maximum Gasteiger partial charge on any atom is 0.305 e. The largest absolute Gasteiger partial charge is 0.508 e. The van der Waals surface area contributed by atoms with Crippen LogP contribution in [-0.4, -0.2) is 187 Å². The minimum absolute atomic E-state index is 0.0397. The summed E-state index contributed by atoms with van der Waals surface area (Å²) in [6, 6.07) is -10.0. The van der Waals surface area contributed by atoms with E-state index in [0.717, 1.165) is 4.90 Å². The lowest BCUT2D eigenvalue weighted by Gasteiger charge is -2.31. The van der Waals surface area contributed by atoms with Crippen LogP contribution in [0.1, 0.15) is 110 Å². The lowest BCUT2D eigenvalue weighted by atomic mass is 9.96. The average molecular weight is 1150 g/mol. The number of nitrogens with two attached hydrogens (primary N) is 1. The maximum absolute atomic E-state index is 14.5. The lowest BCUT2D eigenvalue weighted by molar-refractivity contribution is -0.146. The molecule has 0 radical (unpaired) electrons. The molecule has 30 heteroatoms. The minimum atomic E-state index is -2.04. The summed E-state index contributed by atoms with van der Waals surface area (Å²) in [6.07, 6.45) is -4.14. The quantitative estimate of drug-likeness (QED) is 0.0596. The van der Waals surface area contributed by atoms with Gasteiger partial charge in [0.25, 0.3) is 0 Å². The van der Waals surface area contributed by atoms with Crippen LogP contribution in [0.2, 0.25) is 0 Å². The van der Waals surface area contributed by atoms with Crippen LogP contribution in [0.15, 0.2) is 24.3 Å². The fourth-order valence-electron chi connectivity index (χ4n) is 8.80. The Kier molecular flexibility index (Phi) is 26.9. The van der Waals surface area contributed by atoms with Gasteiger partial charge in [0.15, 0.2) is 0 Å². The number of unbranched alkanes of at least 4 members (excludes halogenated alkanes) is 1. The average Bonchev–Trinajstić information content (AvgIpc) is 3.96. The molecule has 0 spiro atoms.